The maximum absolute atomic E-state index is 14.4. The van der Waals surface area contributed by atoms with Crippen molar-refractivity contribution in [1.82, 2.24) is 9.55 Å². The fourth-order valence-electron chi connectivity index (χ4n) is 3.75. The van der Waals surface area contributed by atoms with E-state index >= 15 is 0 Å². The highest BCUT2D eigenvalue weighted by Crippen LogP contribution is 2.38. The number of ether oxygens (including phenoxy) is 1. The molecule has 6 nitrogen and oxygen atoms in total. The van der Waals surface area contributed by atoms with E-state index in [4.69, 9.17) is 4.74 Å². The number of nitriles is 1. The van der Waals surface area contributed by atoms with Gasteiger partial charge in [0.05, 0.1) is 23.2 Å². The zero-order valence-electron chi connectivity index (χ0n) is 17.4. The second-order valence-electron chi connectivity index (χ2n) is 7.05. The van der Waals surface area contributed by atoms with Gasteiger partial charge in [-0.1, -0.05) is 25.1 Å². The van der Waals surface area contributed by atoms with Gasteiger partial charge >= 0.3 is 0 Å². The van der Waals surface area contributed by atoms with Gasteiger partial charge in [0.2, 0.25) is 0 Å². The van der Waals surface area contributed by atoms with Gasteiger partial charge in [0.15, 0.2) is 0 Å². The minimum atomic E-state index is -0.725. The summed E-state index contributed by atoms with van der Waals surface area (Å²) in [7, 11) is 1.58. The fraction of sp³-hybridized carbons (Fsp3) is 0.167. The van der Waals surface area contributed by atoms with Crippen LogP contribution in [0.2, 0.25) is 0 Å². The average Bonchev–Trinajstić information content (AvgIpc) is 2.78. The van der Waals surface area contributed by atoms with E-state index in [0.717, 1.165) is 6.20 Å². The summed E-state index contributed by atoms with van der Waals surface area (Å²) in [4.78, 5) is 21.9. The van der Waals surface area contributed by atoms with Gasteiger partial charge in [0, 0.05) is 36.0 Å². The minimum Gasteiger partial charge on any atom is -0.485 e. The standard InChI is InChI=1S/C24H18F2N4O2/c1-3-5-15(12-28-2)30-21-13-32-22-8-14(25)11-29-23(22)18(21)9-17(24(30)31)16-6-4-7-20(26)19(16)10-27/h4-9,11-12H,3,13H2,1-2H3/b15-5+,28-12-. The zero-order valence-corrected chi connectivity index (χ0v) is 17.4. The van der Waals surface area contributed by atoms with Gasteiger partial charge in [0.1, 0.15) is 35.8 Å². The van der Waals surface area contributed by atoms with Crippen LogP contribution in [0.4, 0.5) is 8.78 Å². The van der Waals surface area contributed by atoms with Crippen molar-refractivity contribution in [3.8, 4) is 34.2 Å². The Kier molecular flexibility index (Phi) is 5.65. The van der Waals surface area contributed by atoms with Gasteiger partial charge in [0.25, 0.3) is 5.56 Å². The SMILES string of the molecule is CC/C=C(\C=N/C)n1c2c(cc(-c3cccc(F)c3C#N)c1=O)-c1ncc(F)cc1OC2. The number of halogens is 2. The Morgan fingerprint density at radius 1 is 1.31 bits per heavy atom. The van der Waals surface area contributed by atoms with Crippen molar-refractivity contribution in [3.05, 3.63) is 75.9 Å². The molecule has 3 aromatic rings. The van der Waals surface area contributed by atoms with Crippen molar-refractivity contribution in [3.63, 3.8) is 0 Å². The van der Waals surface area contributed by atoms with E-state index in [1.54, 1.807) is 19.3 Å². The van der Waals surface area contributed by atoms with E-state index in [1.165, 1.54) is 28.8 Å². The van der Waals surface area contributed by atoms with Crippen LogP contribution >= 0.6 is 0 Å². The lowest BCUT2D eigenvalue weighted by Crippen LogP contribution is -2.28. The molecule has 0 aliphatic carbocycles. The summed E-state index contributed by atoms with van der Waals surface area (Å²) < 4.78 is 35.2. The molecule has 0 N–H and O–H groups in total. The van der Waals surface area contributed by atoms with Crippen LogP contribution in [0.1, 0.15) is 24.6 Å². The monoisotopic (exact) mass is 432 g/mol. The molecule has 3 heterocycles. The average molecular weight is 432 g/mol. The largest absolute Gasteiger partial charge is 0.485 e. The molecule has 1 aliphatic heterocycles. The number of pyridine rings is 2. The van der Waals surface area contributed by atoms with E-state index in [9.17, 15) is 18.8 Å². The molecule has 0 radical (unpaired) electrons. The van der Waals surface area contributed by atoms with E-state index < -0.39 is 17.2 Å². The molecule has 0 saturated carbocycles. The Morgan fingerprint density at radius 3 is 2.84 bits per heavy atom. The van der Waals surface area contributed by atoms with Crippen LogP contribution in [0, 0.1) is 23.0 Å². The van der Waals surface area contributed by atoms with Crippen molar-refractivity contribution in [1.29, 1.82) is 5.26 Å². The maximum atomic E-state index is 14.4. The molecule has 4 rings (SSSR count). The maximum Gasteiger partial charge on any atom is 0.263 e. The number of aliphatic imine (C=N–C) groups is 1. The van der Waals surface area contributed by atoms with Gasteiger partial charge in [-0.2, -0.15) is 5.26 Å². The van der Waals surface area contributed by atoms with E-state index in [0.29, 0.717) is 29.1 Å². The second kappa shape index (κ2) is 8.55. The first kappa shape index (κ1) is 21.1. The zero-order chi connectivity index (χ0) is 22.8. The first-order chi connectivity index (χ1) is 15.5. The van der Waals surface area contributed by atoms with Crippen LogP contribution in [-0.4, -0.2) is 22.8 Å². The smallest absolute Gasteiger partial charge is 0.263 e. The van der Waals surface area contributed by atoms with Crippen molar-refractivity contribution < 1.29 is 13.5 Å². The lowest BCUT2D eigenvalue weighted by atomic mass is 9.96. The minimum absolute atomic E-state index is 0.00411. The summed E-state index contributed by atoms with van der Waals surface area (Å²) in [6, 6.07) is 8.75. The Balaban J connectivity index is 2.14. The van der Waals surface area contributed by atoms with Crippen molar-refractivity contribution >= 4 is 11.9 Å². The van der Waals surface area contributed by atoms with E-state index in [-0.39, 0.29) is 29.0 Å². The molecule has 0 saturated heterocycles. The van der Waals surface area contributed by atoms with Crippen molar-refractivity contribution in [2.24, 2.45) is 4.99 Å². The molecule has 0 bridgehead atoms. The highest BCUT2D eigenvalue weighted by molar-refractivity contribution is 6.03. The Bertz CT molecular complexity index is 1380. The summed E-state index contributed by atoms with van der Waals surface area (Å²) >= 11 is 0. The van der Waals surface area contributed by atoms with Crippen LogP contribution in [-0.2, 0) is 6.61 Å². The number of rotatable bonds is 4. The molecule has 2 aromatic heterocycles. The van der Waals surface area contributed by atoms with Crippen LogP contribution in [0.15, 0.2) is 52.4 Å². The van der Waals surface area contributed by atoms with E-state index in [1.807, 2.05) is 19.1 Å². The lowest BCUT2D eigenvalue weighted by molar-refractivity contribution is 0.291. The number of nitrogens with zero attached hydrogens (tertiary/aromatic N) is 4. The molecular weight excluding hydrogens is 414 g/mol. The van der Waals surface area contributed by atoms with Gasteiger partial charge in [-0.3, -0.25) is 14.4 Å². The summed E-state index contributed by atoms with van der Waals surface area (Å²) in [6.45, 7) is 1.91. The topological polar surface area (TPSA) is 80.3 Å². The summed E-state index contributed by atoms with van der Waals surface area (Å²) in [5, 5.41) is 9.52. The highest BCUT2D eigenvalue weighted by atomic mass is 19.1. The van der Waals surface area contributed by atoms with Crippen LogP contribution in [0.25, 0.3) is 28.1 Å². The number of fused-ring (bicyclic) bond motifs is 3. The normalized spacial score (nSPS) is 12.8. The third-order valence-corrected chi connectivity index (χ3v) is 5.09. The van der Waals surface area contributed by atoms with Crippen LogP contribution in [0.3, 0.4) is 0 Å². The summed E-state index contributed by atoms with van der Waals surface area (Å²) in [6.07, 6.45) is 5.05. The molecule has 1 aromatic carbocycles. The number of aromatic nitrogens is 2. The second-order valence-corrected chi connectivity index (χ2v) is 7.05. The number of hydrogen-bond acceptors (Lipinski definition) is 5. The molecule has 0 fully saturated rings. The first-order valence-corrected chi connectivity index (χ1v) is 9.89. The molecule has 0 atom stereocenters. The third kappa shape index (κ3) is 3.48. The van der Waals surface area contributed by atoms with Gasteiger partial charge in [-0.05, 0) is 18.6 Å². The predicted molar refractivity (Wildman–Crippen MR) is 117 cm³/mol. The van der Waals surface area contributed by atoms with Gasteiger partial charge in [-0.15, -0.1) is 0 Å². The molecule has 0 spiro atoms. The Hall–Kier alpha value is -4.12. The highest BCUT2D eigenvalue weighted by Gasteiger charge is 2.27. The number of allylic oxidation sites excluding steroid dienone is 2. The van der Waals surface area contributed by atoms with E-state index in [2.05, 4.69) is 9.98 Å². The predicted octanol–water partition coefficient (Wildman–Crippen LogP) is 4.57. The number of hydrogen-bond donors (Lipinski definition) is 0. The molecule has 0 unspecified atom stereocenters. The molecule has 1 aliphatic rings. The first-order valence-electron chi connectivity index (χ1n) is 9.89. The lowest BCUT2D eigenvalue weighted by Gasteiger charge is -2.25. The van der Waals surface area contributed by atoms with Gasteiger partial charge in [-0.25, -0.2) is 13.8 Å². The van der Waals surface area contributed by atoms with Crippen molar-refractivity contribution in [2.75, 3.05) is 7.05 Å². The summed E-state index contributed by atoms with van der Waals surface area (Å²) in [5.41, 5.74) is 1.46. The molecule has 0 amide bonds. The molecular formula is C24H18F2N4O2. The van der Waals surface area contributed by atoms with Crippen molar-refractivity contribution in [2.45, 2.75) is 20.0 Å². The van der Waals surface area contributed by atoms with Gasteiger partial charge < -0.3 is 4.74 Å². The summed E-state index contributed by atoms with van der Waals surface area (Å²) in [5.74, 6) is -1.04. The molecule has 160 valence electrons. The van der Waals surface area contributed by atoms with Crippen LogP contribution < -0.4 is 10.3 Å². The Morgan fingerprint density at radius 2 is 2.12 bits per heavy atom. The van der Waals surface area contributed by atoms with Crippen LogP contribution in [0.5, 0.6) is 5.75 Å². The molecule has 32 heavy (non-hydrogen) atoms. The molecule has 8 heteroatoms. The number of benzene rings is 1. The third-order valence-electron chi connectivity index (χ3n) is 5.09. The fourth-order valence-corrected chi connectivity index (χ4v) is 3.75. The Labute approximate surface area is 182 Å². The quantitative estimate of drug-likeness (QED) is 0.566.